The first kappa shape index (κ1) is 19.6. The molecule has 146 valence electrons. The number of para-hydroxylation sites is 1. The Morgan fingerprint density at radius 3 is 2.57 bits per heavy atom. The van der Waals surface area contributed by atoms with Gasteiger partial charge in [0.25, 0.3) is 5.91 Å². The van der Waals surface area contributed by atoms with Gasteiger partial charge >= 0.3 is 6.03 Å². The number of hydrogen-bond donors (Lipinski definition) is 3. The van der Waals surface area contributed by atoms with Crippen molar-refractivity contribution in [2.24, 2.45) is 0 Å². The first-order valence-corrected chi connectivity index (χ1v) is 8.88. The third kappa shape index (κ3) is 3.89. The Hall–Kier alpha value is -3.19. The van der Waals surface area contributed by atoms with Gasteiger partial charge in [0, 0.05) is 11.3 Å². The second-order valence-electron chi connectivity index (χ2n) is 6.11. The van der Waals surface area contributed by atoms with E-state index in [9.17, 15) is 9.59 Å². The van der Waals surface area contributed by atoms with Gasteiger partial charge in [-0.05, 0) is 37.3 Å². The Kier molecular flexibility index (Phi) is 5.75. The lowest BCUT2D eigenvalue weighted by Gasteiger charge is -2.29. The van der Waals surface area contributed by atoms with Crippen molar-refractivity contribution in [1.82, 2.24) is 10.6 Å². The molecule has 0 saturated carbocycles. The molecule has 28 heavy (non-hydrogen) atoms. The molecular weight excluding hydrogens is 382 g/mol. The summed E-state index contributed by atoms with van der Waals surface area (Å²) in [5.41, 5.74) is 1.84. The van der Waals surface area contributed by atoms with Crippen molar-refractivity contribution in [3.05, 3.63) is 64.3 Å². The number of carbonyl (C=O) groups excluding carboxylic acids is 2. The van der Waals surface area contributed by atoms with Gasteiger partial charge in [0.05, 0.1) is 36.5 Å². The van der Waals surface area contributed by atoms with Gasteiger partial charge in [-0.15, -0.1) is 0 Å². The van der Waals surface area contributed by atoms with Gasteiger partial charge in [-0.1, -0.05) is 23.7 Å². The molecule has 1 aliphatic rings. The van der Waals surface area contributed by atoms with E-state index in [0.717, 1.165) is 0 Å². The van der Waals surface area contributed by atoms with Crippen molar-refractivity contribution in [1.29, 1.82) is 0 Å². The molecule has 8 heteroatoms. The minimum Gasteiger partial charge on any atom is -0.497 e. The fraction of sp³-hybridized carbons (Fsp3) is 0.200. The summed E-state index contributed by atoms with van der Waals surface area (Å²) in [6.07, 6.45) is 0. The molecule has 2 aromatic carbocycles. The lowest BCUT2D eigenvalue weighted by atomic mass is 9.93. The minimum atomic E-state index is -0.735. The molecule has 0 radical (unpaired) electrons. The zero-order chi connectivity index (χ0) is 20.3. The molecule has 1 heterocycles. The number of carbonyl (C=O) groups is 2. The predicted octanol–water partition coefficient (Wildman–Crippen LogP) is 3.62. The SMILES string of the molecule is COc1ccc(OC)c([C@@H]2NC(=O)NC(C)=C2C(=O)Nc2ccccc2Cl)c1. The van der Waals surface area contributed by atoms with Crippen LogP contribution < -0.4 is 25.4 Å². The molecule has 2 aromatic rings. The van der Waals surface area contributed by atoms with Crippen LogP contribution in [-0.4, -0.2) is 26.2 Å². The highest BCUT2D eigenvalue weighted by atomic mass is 35.5. The topological polar surface area (TPSA) is 88.7 Å². The number of allylic oxidation sites excluding steroid dienone is 1. The molecule has 3 N–H and O–H groups in total. The fourth-order valence-corrected chi connectivity index (χ4v) is 3.23. The van der Waals surface area contributed by atoms with Gasteiger partial charge in [0.15, 0.2) is 0 Å². The van der Waals surface area contributed by atoms with Crippen LogP contribution >= 0.6 is 11.6 Å². The number of anilines is 1. The molecule has 1 atom stereocenters. The van der Waals surface area contributed by atoms with Crippen molar-refractivity contribution >= 4 is 29.2 Å². The van der Waals surface area contributed by atoms with Crippen LogP contribution in [0.25, 0.3) is 0 Å². The van der Waals surface area contributed by atoms with Gasteiger partial charge in [0.1, 0.15) is 11.5 Å². The zero-order valence-corrected chi connectivity index (χ0v) is 16.4. The highest BCUT2D eigenvalue weighted by Gasteiger charge is 2.33. The summed E-state index contributed by atoms with van der Waals surface area (Å²) in [5.74, 6) is 0.698. The molecule has 0 aliphatic carbocycles. The Morgan fingerprint density at radius 2 is 1.89 bits per heavy atom. The van der Waals surface area contributed by atoms with Crippen LogP contribution in [0.15, 0.2) is 53.7 Å². The maximum atomic E-state index is 13.1. The summed E-state index contributed by atoms with van der Waals surface area (Å²) in [6.45, 7) is 1.67. The van der Waals surface area contributed by atoms with Crippen LogP contribution in [-0.2, 0) is 4.79 Å². The summed E-state index contributed by atoms with van der Waals surface area (Å²) in [6, 6.07) is 11.0. The maximum Gasteiger partial charge on any atom is 0.319 e. The van der Waals surface area contributed by atoms with E-state index >= 15 is 0 Å². The van der Waals surface area contributed by atoms with Crippen LogP contribution in [0.5, 0.6) is 11.5 Å². The van der Waals surface area contributed by atoms with E-state index in [2.05, 4.69) is 16.0 Å². The third-order valence-electron chi connectivity index (χ3n) is 4.38. The molecule has 0 fully saturated rings. The number of amides is 3. The fourth-order valence-electron chi connectivity index (χ4n) is 3.05. The lowest BCUT2D eigenvalue weighted by molar-refractivity contribution is -0.113. The smallest absolute Gasteiger partial charge is 0.319 e. The monoisotopic (exact) mass is 401 g/mol. The molecule has 3 rings (SSSR count). The van der Waals surface area contributed by atoms with Crippen molar-refractivity contribution in [2.45, 2.75) is 13.0 Å². The van der Waals surface area contributed by atoms with E-state index < -0.39 is 18.0 Å². The van der Waals surface area contributed by atoms with E-state index in [1.165, 1.54) is 7.11 Å². The van der Waals surface area contributed by atoms with E-state index in [4.69, 9.17) is 21.1 Å². The number of ether oxygens (including phenoxy) is 2. The van der Waals surface area contributed by atoms with Crippen molar-refractivity contribution in [3.8, 4) is 11.5 Å². The van der Waals surface area contributed by atoms with Crippen LogP contribution in [0.3, 0.4) is 0 Å². The maximum absolute atomic E-state index is 13.1. The average molecular weight is 402 g/mol. The van der Waals surface area contributed by atoms with Crippen molar-refractivity contribution in [3.63, 3.8) is 0 Å². The molecular formula is C20H20ClN3O4. The summed E-state index contributed by atoms with van der Waals surface area (Å²) in [5, 5.41) is 8.64. The standard InChI is InChI=1S/C20H20ClN3O4/c1-11-17(19(25)23-15-7-5-4-6-14(15)21)18(24-20(26)22-11)13-10-12(27-2)8-9-16(13)28-3/h4-10,18H,1-3H3,(H,23,25)(H2,22,24,26)/t18-/m0/s1. The van der Waals surface area contributed by atoms with Gasteiger partial charge in [-0.3, -0.25) is 4.79 Å². The molecule has 0 spiro atoms. The number of hydrogen-bond acceptors (Lipinski definition) is 4. The largest absolute Gasteiger partial charge is 0.497 e. The second-order valence-corrected chi connectivity index (χ2v) is 6.52. The van der Waals surface area contributed by atoms with E-state index in [1.54, 1.807) is 56.5 Å². The molecule has 1 aliphatic heterocycles. The first-order valence-electron chi connectivity index (χ1n) is 8.50. The number of urea groups is 1. The minimum absolute atomic E-state index is 0.339. The Balaban J connectivity index is 2.04. The number of methoxy groups -OCH3 is 2. The van der Waals surface area contributed by atoms with Crippen LogP contribution in [0, 0.1) is 0 Å². The van der Waals surface area contributed by atoms with E-state index in [-0.39, 0.29) is 0 Å². The normalized spacial score (nSPS) is 16.1. The molecule has 0 unspecified atom stereocenters. The van der Waals surface area contributed by atoms with Gasteiger partial charge in [0.2, 0.25) is 0 Å². The Morgan fingerprint density at radius 1 is 1.14 bits per heavy atom. The summed E-state index contributed by atoms with van der Waals surface area (Å²) >= 11 is 6.15. The second kappa shape index (κ2) is 8.22. The lowest BCUT2D eigenvalue weighted by Crippen LogP contribution is -2.46. The van der Waals surface area contributed by atoms with Crippen LogP contribution in [0.2, 0.25) is 5.02 Å². The van der Waals surface area contributed by atoms with E-state index in [0.29, 0.717) is 39.0 Å². The average Bonchev–Trinajstić information content (AvgIpc) is 2.68. The highest BCUT2D eigenvalue weighted by molar-refractivity contribution is 6.33. The summed E-state index contributed by atoms with van der Waals surface area (Å²) in [4.78, 5) is 25.2. The van der Waals surface area contributed by atoms with Crippen molar-refractivity contribution in [2.75, 3.05) is 19.5 Å². The van der Waals surface area contributed by atoms with Gasteiger partial charge in [-0.2, -0.15) is 0 Å². The highest BCUT2D eigenvalue weighted by Crippen LogP contribution is 2.36. The number of nitrogens with one attached hydrogen (secondary N) is 3. The number of rotatable bonds is 5. The van der Waals surface area contributed by atoms with Gasteiger partial charge in [-0.25, -0.2) is 4.79 Å². The van der Waals surface area contributed by atoms with Crippen LogP contribution in [0.1, 0.15) is 18.5 Å². The molecule has 7 nitrogen and oxygen atoms in total. The Bertz CT molecular complexity index is 958. The number of halogens is 1. The molecule has 0 saturated heterocycles. The first-order chi connectivity index (χ1) is 13.4. The van der Waals surface area contributed by atoms with Crippen molar-refractivity contribution < 1.29 is 19.1 Å². The molecule has 3 amide bonds. The summed E-state index contributed by atoms with van der Waals surface area (Å²) < 4.78 is 10.7. The molecule has 0 bridgehead atoms. The third-order valence-corrected chi connectivity index (χ3v) is 4.71. The number of benzene rings is 2. The quantitative estimate of drug-likeness (QED) is 0.713. The summed E-state index contributed by atoms with van der Waals surface area (Å²) in [7, 11) is 3.06. The van der Waals surface area contributed by atoms with Gasteiger partial charge < -0.3 is 25.4 Å². The van der Waals surface area contributed by atoms with E-state index in [1.807, 2.05) is 0 Å². The predicted molar refractivity (Wildman–Crippen MR) is 107 cm³/mol. The molecule has 0 aromatic heterocycles. The Labute approximate surface area is 167 Å². The van der Waals surface area contributed by atoms with Crippen LogP contribution in [0.4, 0.5) is 10.5 Å². The zero-order valence-electron chi connectivity index (χ0n) is 15.6.